The number of thiophene rings is 1. The minimum absolute atomic E-state index is 0.258. The van der Waals surface area contributed by atoms with E-state index in [0.717, 1.165) is 5.75 Å². The van der Waals surface area contributed by atoms with Gasteiger partial charge in [0, 0.05) is 22.3 Å². The fourth-order valence-electron chi connectivity index (χ4n) is 1.75. The van der Waals surface area contributed by atoms with Gasteiger partial charge in [-0.3, -0.25) is 4.79 Å². The minimum Gasteiger partial charge on any atom is -0.300 e. The molecule has 0 saturated carbocycles. The van der Waals surface area contributed by atoms with Crippen molar-refractivity contribution in [1.29, 1.82) is 0 Å². The van der Waals surface area contributed by atoms with Gasteiger partial charge in [0.05, 0.1) is 0 Å². The zero-order valence-electron chi connectivity index (χ0n) is 10.3. The van der Waals surface area contributed by atoms with Crippen molar-refractivity contribution in [2.45, 2.75) is 24.3 Å². The third kappa shape index (κ3) is 4.00. The molecular formula is C15H16OS2. The molecular weight excluding hydrogens is 260 g/mol. The van der Waals surface area contributed by atoms with Crippen LogP contribution in [0.3, 0.4) is 0 Å². The maximum absolute atomic E-state index is 11.4. The van der Waals surface area contributed by atoms with Crippen LogP contribution in [0.2, 0.25) is 0 Å². The number of carbonyl (C=O) groups is 1. The topological polar surface area (TPSA) is 17.1 Å². The lowest BCUT2D eigenvalue weighted by atomic mass is 10.2. The van der Waals surface area contributed by atoms with Crippen LogP contribution < -0.4 is 0 Å². The molecule has 1 atom stereocenters. The largest absolute Gasteiger partial charge is 0.300 e. The van der Waals surface area contributed by atoms with Gasteiger partial charge in [0.25, 0.3) is 0 Å². The van der Waals surface area contributed by atoms with Gasteiger partial charge in [0.1, 0.15) is 5.78 Å². The Morgan fingerprint density at radius 1 is 1.22 bits per heavy atom. The summed E-state index contributed by atoms with van der Waals surface area (Å²) in [5, 5.41) is 2.37. The van der Waals surface area contributed by atoms with Crippen LogP contribution in [0.25, 0.3) is 0 Å². The quantitative estimate of drug-likeness (QED) is 0.760. The minimum atomic E-state index is 0.258. The first kappa shape index (κ1) is 13.4. The van der Waals surface area contributed by atoms with Gasteiger partial charge in [-0.25, -0.2) is 0 Å². The van der Waals surface area contributed by atoms with Gasteiger partial charge in [-0.2, -0.15) is 0 Å². The van der Waals surface area contributed by atoms with Crippen LogP contribution in [-0.4, -0.2) is 5.78 Å². The van der Waals surface area contributed by atoms with Crippen LogP contribution in [-0.2, 0) is 10.5 Å². The van der Waals surface area contributed by atoms with E-state index in [-0.39, 0.29) is 5.78 Å². The highest BCUT2D eigenvalue weighted by Gasteiger charge is 2.15. The smallest absolute Gasteiger partial charge is 0.131 e. The SMILES string of the molecule is CC(=O)C[C@H](SCc1ccccc1)c1cccs1. The average Bonchev–Trinajstić information content (AvgIpc) is 2.89. The molecule has 0 radical (unpaired) electrons. The van der Waals surface area contributed by atoms with Crippen molar-refractivity contribution >= 4 is 28.9 Å². The zero-order valence-corrected chi connectivity index (χ0v) is 12.0. The van der Waals surface area contributed by atoms with E-state index in [2.05, 4.69) is 41.8 Å². The first-order chi connectivity index (χ1) is 8.75. The second-order valence-electron chi connectivity index (χ2n) is 4.21. The number of hydrogen-bond acceptors (Lipinski definition) is 3. The van der Waals surface area contributed by atoms with E-state index in [4.69, 9.17) is 0 Å². The molecule has 0 aliphatic rings. The number of carbonyl (C=O) groups excluding carboxylic acids is 1. The monoisotopic (exact) mass is 276 g/mol. The molecule has 1 aromatic carbocycles. The molecule has 3 heteroatoms. The summed E-state index contributed by atoms with van der Waals surface area (Å²) in [6.45, 7) is 1.67. The van der Waals surface area contributed by atoms with E-state index in [1.807, 2.05) is 17.8 Å². The molecule has 0 aliphatic carbocycles. The Morgan fingerprint density at radius 2 is 2.00 bits per heavy atom. The van der Waals surface area contributed by atoms with Crippen molar-refractivity contribution in [3.63, 3.8) is 0 Å². The van der Waals surface area contributed by atoms with Crippen LogP contribution >= 0.6 is 23.1 Å². The first-order valence-electron chi connectivity index (χ1n) is 5.94. The van der Waals surface area contributed by atoms with Crippen molar-refractivity contribution in [2.24, 2.45) is 0 Å². The Labute approximate surface area is 116 Å². The summed E-state index contributed by atoms with van der Waals surface area (Å²) in [6, 6.07) is 14.6. The van der Waals surface area contributed by atoms with Crippen LogP contribution in [0.4, 0.5) is 0 Å². The molecule has 0 unspecified atom stereocenters. The van der Waals surface area contributed by atoms with E-state index in [1.54, 1.807) is 18.3 Å². The van der Waals surface area contributed by atoms with E-state index in [1.165, 1.54) is 10.4 Å². The molecule has 0 spiro atoms. The van der Waals surface area contributed by atoms with Crippen LogP contribution in [0.1, 0.15) is 29.0 Å². The second-order valence-corrected chi connectivity index (χ2v) is 6.38. The fourth-order valence-corrected chi connectivity index (χ4v) is 4.01. The third-order valence-electron chi connectivity index (χ3n) is 2.63. The molecule has 2 aromatic rings. The van der Waals surface area contributed by atoms with E-state index < -0.39 is 0 Å². The summed E-state index contributed by atoms with van der Waals surface area (Å²) in [4.78, 5) is 12.6. The van der Waals surface area contributed by atoms with Crippen LogP contribution in [0.5, 0.6) is 0 Å². The molecule has 1 heterocycles. The number of hydrogen-bond donors (Lipinski definition) is 0. The van der Waals surface area contributed by atoms with Crippen molar-refractivity contribution in [3.05, 3.63) is 58.3 Å². The second kappa shape index (κ2) is 6.76. The van der Waals surface area contributed by atoms with Crippen molar-refractivity contribution in [2.75, 3.05) is 0 Å². The number of benzene rings is 1. The van der Waals surface area contributed by atoms with E-state index in [9.17, 15) is 4.79 Å². The molecule has 94 valence electrons. The van der Waals surface area contributed by atoms with Gasteiger partial charge in [-0.15, -0.1) is 23.1 Å². The molecule has 1 nitrogen and oxygen atoms in total. The average molecular weight is 276 g/mol. The summed E-state index contributed by atoms with van der Waals surface area (Å²) < 4.78 is 0. The summed E-state index contributed by atoms with van der Waals surface area (Å²) in [5.74, 6) is 1.21. The molecule has 2 rings (SSSR count). The molecule has 0 saturated heterocycles. The summed E-state index contributed by atoms with van der Waals surface area (Å²) in [6.07, 6.45) is 0.623. The number of ketones is 1. The van der Waals surface area contributed by atoms with E-state index in [0.29, 0.717) is 11.7 Å². The van der Waals surface area contributed by atoms with Gasteiger partial charge >= 0.3 is 0 Å². The van der Waals surface area contributed by atoms with Gasteiger partial charge in [-0.05, 0) is 23.9 Å². The van der Waals surface area contributed by atoms with Gasteiger partial charge < -0.3 is 0 Å². The Balaban J connectivity index is 2.00. The first-order valence-corrected chi connectivity index (χ1v) is 7.87. The molecule has 0 amide bonds. The van der Waals surface area contributed by atoms with Crippen molar-refractivity contribution < 1.29 is 4.79 Å². The van der Waals surface area contributed by atoms with Crippen molar-refractivity contribution in [3.8, 4) is 0 Å². The maximum atomic E-state index is 11.4. The van der Waals surface area contributed by atoms with Crippen LogP contribution in [0.15, 0.2) is 47.8 Å². The lowest BCUT2D eigenvalue weighted by molar-refractivity contribution is -0.117. The normalized spacial score (nSPS) is 12.3. The lowest BCUT2D eigenvalue weighted by Crippen LogP contribution is -1.99. The Kier molecular flexibility index (Phi) is 5.02. The van der Waals surface area contributed by atoms with Gasteiger partial charge in [0.15, 0.2) is 0 Å². The highest BCUT2D eigenvalue weighted by molar-refractivity contribution is 7.98. The molecule has 0 aliphatic heterocycles. The molecule has 0 fully saturated rings. The maximum Gasteiger partial charge on any atom is 0.131 e. The number of Topliss-reactive ketones (excluding diaryl/α,β-unsaturated/α-hetero) is 1. The van der Waals surface area contributed by atoms with Crippen molar-refractivity contribution in [1.82, 2.24) is 0 Å². The van der Waals surface area contributed by atoms with Gasteiger partial charge in [0.2, 0.25) is 0 Å². The molecule has 0 bridgehead atoms. The number of rotatable bonds is 6. The standard InChI is InChI=1S/C15H16OS2/c1-12(16)10-15(14-8-5-9-17-14)18-11-13-6-3-2-4-7-13/h2-9,15H,10-11H2,1H3/t15-/m0/s1. The molecule has 18 heavy (non-hydrogen) atoms. The van der Waals surface area contributed by atoms with Crippen LogP contribution in [0, 0.1) is 0 Å². The summed E-state index contributed by atoms with van der Waals surface area (Å²) >= 11 is 3.59. The summed E-state index contributed by atoms with van der Waals surface area (Å²) in [5.41, 5.74) is 1.31. The number of thioether (sulfide) groups is 1. The lowest BCUT2D eigenvalue weighted by Gasteiger charge is -2.13. The predicted molar refractivity (Wildman–Crippen MR) is 80.1 cm³/mol. The van der Waals surface area contributed by atoms with E-state index >= 15 is 0 Å². The zero-order chi connectivity index (χ0) is 12.8. The Bertz CT molecular complexity index is 476. The van der Waals surface area contributed by atoms with Gasteiger partial charge in [-0.1, -0.05) is 36.4 Å². The predicted octanol–water partition coefficient (Wildman–Crippen LogP) is 4.70. The molecule has 0 N–H and O–H groups in total. The summed E-state index contributed by atoms with van der Waals surface area (Å²) in [7, 11) is 0. The Hall–Kier alpha value is -1.06. The molecule has 1 aromatic heterocycles. The Morgan fingerprint density at radius 3 is 2.61 bits per heavy atom. The highest BCUT2D eigenvalue weighted by atomic mass is 32.2. The third-order valence-corrected chi connectivity index (χ3v) is 5.09. The highest BCUT2D eigenvalue weighted by Crippen LogP contribution is 2.36. The fraction of sp³-hybridized carbons (Fsp3) is 0.267.